The summed E-state index contributed by atoms with van der Waals surface area (Å²) in [5, 5.41) is 0. The van der Waals surface area contributed by atoms with Crippen LogP contribution < -0.4 is 0 Å². The van der Waals surface area contributed by atoms with Gasteiger partial charge < -0.3 is 14.0 Å². The van der Waals surface area contributed by atoms with Crippen LogP contribution in [-0.2, 0) is 20.9 Å². The van der Waals surface area contributed by atoms with Crippen LogP contribution in [-0.4, -0.2) is 28.7 Å². The molecule has 1 aliphatic rings. The van der Waals surface area contributed by atoms with Crippen LogP contribution >= 0.6 is 0 Å². The number of aromatic nitrogens is 2. The summed E-state index contributed by atoms with van der Waals surface area (Å²) in [6, 6.07) is 8.35. The van der Waals surface area contributed by atoms with Crippen LogP contribution in [0.5, 0.6) is 0 Å². The standard InChI is InChI=1S/C20H26N2O3/c1-13-9-17(12-25-18-8-7-16(11-18)20(23)24-4)21-19(10-13)22-14(2)5-6-15(22)3/h5-6,9-10,16,18H,7-8,11-12H2,1-4H3/t16-,18-/m0/s1. The second-order valence-electron chi connectivity index (χ2n) is 6.91. The van der Waals surface area contributed by atoms with Crippen LogP contribution in [0.15, 0.2) is 24.3 Å². The monoisotopic (exact) mass is 342 g/mol. The molecule has 134 valence electrons. The van der Waals surface area contributed by atoms with Gasteiger partial charge in [0, 0.05) is 11.4 Å². The number of pyridine rings is 1. The first kappa shape index (κ1) is 17.7. The Morgan fingerprint density at radius 2 is 1.92 bits per heavy atom. The van der Waals surface area contributed by atoms with Crippen molar-refractivity contribution in [1.29, 1.82) is 0 Å². The predicted octanol–water partition coefficient (Wildman–Crippen LogP) is 3.66. The number of nitrogens with zero attached hydrogens (tertiary/aromatic N) is 2. The Hall–Kier alpha value is -2.14. The van der Waals surface area contributed by atoms with E-state index in [1.807, 2.05) is 0 Å². The highest BCUT2D eigenvalue weighted by molar-refractivity contribution is 5.72. The molecule has 1 aliphatic carbocycles. The average molecular weight is 342 g/mol. The van der Waals surface area contributed by atoms with Crippen LogP contribution in [0.2, 0.25) is 0 Å². The molecule has 1 fully saturated rings. The maximum atomic E-state index is 11.6. The molecule has 0 amide bonds. The molecule has 0 N–H and O–H groups in total. The van der Waals surface area contributed by atoms with Crippen LogP contribution in [0.3, 0.4) is 0 Å². The van der Waals surface area contributed by atoms with Gasteiger partial charge in [0.2, 0.25) is 0 Å². The van der Waals surface area contributed by atoms with Crippen LogP contribution in [0.25, 0.3) is 5.82 Å². The van der Waals surface area contributed by atoms with E-state index in [1.165, 1.54) is 18.5 Å². The number of rotatable bonds is 5. The maximum Gasteiger partial charge on any atom is 0.308 e. The van der Waals surface area contributed by atoms with E-state index < -0.39 is 0 Å². The quantitative estimate of drug-likeness (QED) is 0.778. The summed E-state index contributed by atoms with van der Waals surface area (Å²) in [7, 11) is 1.44. The lowest BCUT2D eigenvalue weighted by atomic mass is 10.1. The van der Waals surface area contributed by atoms with Gasteiger partial charge in [0.15, 0.2) is 0 Å². The van der Waals surface area contributed by atoms with Crippen molar-refractivity contribution in [2.24, 2.45) is 5.92 Å². The first-order valence-corrected chi connectivity index (χ1v) is 8.80. The number of hydrogen-bond acceptors (Lipinski definition) is 4. The van der Waals surface area contributed by atoms with Gasteiger partial charge in [-0.2, -0.15) is 0 Å². The van der Waals surface area contributed by atoms with Gasteiger partial charge in [-0.1, -0.05) is 0 Å². The minimum atomic E-state index is -0.124. The summed E-state index contributed by atoms with van der Waals surface area (Å²) in [6.45, 7) is 6.70. The molecule has 5 nitrogen and oxygen atoms in total. The highest BCUT2D eigenvalue weighted by Gasteiger charge is 2.31. The zero-order chi connectivity index (χ0) is 18.0. The van der Waals surface area contributed by atoms with Gasteiger partial charge in [-0.25, -0.2) is 4.98 Å². The number of ether oxygens (including phenoxy) is 2. The topological polar surface area (TPSA) is 53.4 Å². The number of aryl methyl sites for hydroxylation is 3. The predicted molar refractivity (Wildman–Crippen MR) is 95.7 cm³/mol. The van der Waals surface area contributed by atoms with Crippen LogP contribution in [0.1, 0.15) is 41.9 Å². The summed E-state index contributed by atoms with van der Waals surface area (Å²) in [6.07, 6.45) is 2.57. The molecule has 5 heteroatoms. The molecule has 3 rings (SSSR count). The number of carbonyl (C=O) groups excluding carboxylic acids is 1. The second kappa shape index (κ2) is 7.40. The van der Waals surface area contributed by atoms with E-state index in [1.54, 1.807) is 0 Å². The minimum absolute atomic E-state index is 0.0267. The third kappa shape index (κ3) is 3.93. The third-order valence-electron chi connectivity index (χ3n) is 4.90. The molecular weight excluding hydrogens is 316 g/mol. The van der Waals surface area contributed by atoms with E-state index >= 15 is 0 Å². The fourth-order valence-electron chi connectivity index (χ4n) is 3.61. The molecule has 2 atom stereocenters. The fraction of sp³-hybridized carbons (Fsp3) is 0.500. The second-order valence-corrected chi connectivity index (χ2v) is 6.91. The molecule has 0 aliphatic heterocycles. The Kier molecular flexibility index (Phi) is 5.23. The van der Waals surface area contributed by atoms with E-state index in [0.29, 0.717) is 6.61 Å². The van der Waals surface area contributed by atoms with E-state index in [2.05, 4.69) is 49.6 Å². The molecule has 0 bridgehead atoms. The number of hydrogen-bond donors (Lipinski definition) is 0. The number of carbonyl (C=O) groups is 1. The molecule has 2 heterocycles. The number of esters is 1. The molecular formula is C20H26N2O3. The van der Waals surface area contributed by atoms with Crippen molar-refractivity contribution in [2.45, 2.75) is 52.7 Å². The smallest absolute Gasteiger partial charge is 0.308 e. The lowest BCUT2D eigenvalue weighted by molar-refractivity contribution is -0.145. The first-order chi connectivity index (χ1) is 12.0. The lowest BCUT2D eigenvalue weighted by Crippen LogP contribution is -2.15. The average Bonchev–Trinajstić information content (AvgIpc) is 3.18. The largest absolute Gasteiger partial charge is 0.469 e. The van der Waals surface area contributed by atoms with Gasteiger partial charge in [0.05, 0.1) is 31.4 Å². The summed E-state index contributed by atoms with van der Waals surface area (Å²) < 4.78 is 13.0. The van der Waals surface area contributed by atoms with Gasteiger partial charge in [-0.3, -0.25) is 4.79 Å². The Labute approximate surface area is 149 Å². The van der Waals surface area contributed by atoms with Crippen LogP contribution in [0.4, 0.5) is 0 Å². The lowest BCUT2D eigenvalue weighted by Gasteiger charge is -2.14. The Balaban J connectivity index is 1.69. The van der Waals surface area contributed by atoms with E-state index in [0.717, 1.165) is 36.3 Å². The van der Waals surface area contributed by atoms with E-state index in [9.17, 15) is 4.79 Å². The fourth-order valence-corrected chi connectivity index (χ4v) is 3.61. The van der Waals surface area contributed by atoms with Gasteiger partial charge in [0.25, 0.3) is 0 Å². The molecule has 0 radical (unpaired) electrons. The molecule has 25 heavy (non-hydrogen) atoms. The molecule has 0 aromatic carbocycles. The molecule has 0 unspecified atom stereocenters. The Morgan fingerprint density at radius 3 is 2.60 bits per heavy atom. The SMILES string of the molecule is COC(=O)[C@H]1CC[C@H](OCc2cc(C)cc(-n3c(C)ccc3C)n2)C1. The van der Waals surface area contributed by atoms with Gasteiger partial charge in [0.1, 0.15) is 5.82 Å². The normalized spacial score (nSPS) is 20.0. The van der Waals surface area contributed by atoms with Crippen molar-refractivity contribution >= 4 is 5.97 Å². The molecule has 2 aromatic rings. The third-order valence-corrected chi connectivity index (χ3v) is 4.90. The van der Waals surface area contributed by atoms with Crippen molar-refractivity contribution in [3.8, 4) is 5.82 Å². The van der Waals surface area contributed by atoms with Crippen molar-refractivity contribution in [3.63, 3.8) is 0 Å². The minimum Gasteiger partial charge on any atom is -0.469 e. The Bertz CT molecular complexity index is 747. The molecule has 1 saturated carbocycles. The molecule has 0 spiro atoms. The van der Waals surface area contributed by atoms with Gasteiger partial charge in [-0.15, -0.1) is 0 Å². The summed E-state index contributed by atoms with van der Waals surface area (Å²) >= 11 is 0. The zero-order valence-electron chi connectivity index (χ0n) is 15.4. The first-order valence-electron chi connectivity index (χ1n) is 8.80. The van der Waals surface area contributed by atoms with Crippen molar-refractivity contribution < 1.29 is 14.3 Å². The highest BCUT2D eigenvalue weighted by atomic mass is 16.5. The van der Waals surface area contributed by atoms with E-state index in [4.69, 9.17) is 14.5 Å². The Morgan fingerprint density at radius 1 is 1.20 bits per heavy atom. The summed E-state index contributed by atoms with van der Waals surface area (Å²) in [5.41, 5.74) is 4.41. The molecule has 2 aromatic heterocycles. The highest BCUT2D eigenvalue weighted by Crippen LogP contribution is 2.29. The van der Waals surface area contributed by atoms with Gasteiger partial charge >= 0.3 is 5.97 Å². The van der Waals surface area contributed by atoms with Crippen molar-refractivity contribution in [3.05, 3.63) is 46.9 Å². The summed E-state index contributed by atoms with van der Waals surface area (Å²) in [4.78, 5) is 16.4. The maximum absolute atomic E-state index is 11.6. The number of methoxy groups -OCH3 is 1. The van der Waals surface area contributed by atoms with E-state index in [-0.39, 0.29) is 18.0 Å². The van der Waals surface area contributed by atoms with Gasteiger partial charge in [-0.05, 0) is 69.9 Å². The zero-order valence-corrected chi connectivity index (χ0v) is 15.4. The van der Waals surface area contributed by atoms with Crippen LogP contribution in [0, 0.1) is 26.7 Å². The molecule has 0 saturated heterocycles. The summed E-state index contributed by atoms with van der Waals surface area (Å²) in [5.74, 6) is 0.777. The van der Waals surface area contributed by atoms with Crippen molar-refractivity contribution in [1.82, 2.24) is 9.55 Å². The van der Waals surface area contributed by atoms with Crippen molar-refractivity contribution in [2.75, 3.05) is 7.11 Å².